The Morgan fingerprint density at radius 2 is 1.86 bits per heavy atom. The minimum absolute atomic E-state index is 0.191. The van der Waals surface area contributed by atoms with Gasteiger partial charge < -0.3 is 15.2 Å². The molecule has 6 nitrogen and oxygen atoms in total. The molecular weight excluding hydrogens is 268 g/mol. The highest BCUT2D eigenvalue weighted by molar-refractivity contribution is 5.39. The van der Waals surface area contributed by atoms with Crippen LogP contribution in [0.15, 0.2) is 36.7 Å². The van der Waals surface area contributed by atoms with Crippen molar-refractivity contribution in [1.29, 1.82) is 0 Å². The van der Waals surface area contributed by atoms with Crippen molar-refractivity contribution < 1.29 is 9.47 Å². The topological polar surface area (TPSA) is 73.5 Å². The van der Waals surface area contributed by atoms with Crippen LogP contribution in [0.25, 0.3) is 0 Å². The van der Waals surface area contributed by atoms with E-state index in [1.54, 1.807) is 19.5 Å². The van der Waals surface area contributed by atoms with E-state index in [-0.39, 0.29) is 6.10 Å². The Labute approximate surface area is 123 Å². The van der Waals surface area contributed by atoms with Crippen LogP contribution in [0.2, 0.25) is 0 Å². The zero-order chi connectivity index (χ0) is 14.7. The van der Waals surface area contributed by atoms with Gasteiger partial charge in [-0.3, -0.25) is 4.90 Å². The molecule has 1 aromatic carbocycles. The molecule has 0 atom stereocenters. The third-order valence-electron chi connectivity index (χ3n) is 3.42. The molecular formula is C15H18N4O2. The number of hydrogen-bond donors (Lipinski definition) is 1. The molecule has 0 amide bonds. The Morgan fingerprint density at radius 3 is 2.52 bits per heavy atom. The fourth-order valence-electron chi connectivity index (χ4n) is 2.33. The molecule has 0 saturated carbocycles. The van der Waals surface area contributed by atoms with E-state index in [9.17, 15) is 0 Å². The smallest absolute Gasteiger partial charge is 0.219 e. The third kappa shape index (κ3) is 3.22. The number of nitrogens with zero attached hydrogens (tertiary/aromatic N) is 3. The molecule has 1 aliphatic rings. The summed E-state index contributed by atoms with van der Waals surface area (Å²) < 4.78 is 11.2. The summed E-state index contributed by atoms with van der Waals surface area (Å²) in [4.78, 5) is 10.3. The first-order chi connectivity index (χ1) is 10.2. The lowest BCUT2D eigenvalue weighted by Gasteiger charge is -2.39. The van der Waals surface area contributed by atoms with Gasteiger partial charge in [-0.15, -0.1) is 0 Å². The van der Waals surface area contributed by atoms with E-state index in [0.29, 0.717) is 5.95 Å². The van der Waals surface area contributed by atoms with Crippen LogP contribution in [0.1, 0.15) is 5.56 Å². The maximum atomic E-state index is 5.94. The molecule has 110 valence electrons. The van der Waals surface area contributed by atoms with Gasteiger partial charge in [-0.05, 0) is 12.1 Å². The van der Waals surface area contributed by atoms with Crippen LogP contribution in [-0.4, -0.2) is 41.2 Å². The number of nitrogen functional groups attached to an aromatic ring is 1. The summed E-state index contributed by atoms with van der Waals surface area (Å²) in [6, 6.07) is 7.70. The molecule has 0 unspecified atom stereocenters. The maximum Gasteiger partial charge on any atom is 0.219 e. The van der Waals surface area contributed by atoms with E-state index in [2.05, 4.69) is 14.9 Å². The highest BCUT2D eigenvalue weighted by atomic mass is 16.5. The number of likely N-dealkylation sites (tertiary alicyclic amines) is 1. The Bertz CT molecular complexity index is 597. The summed E-state index contributed by atoms with van der Waals surface area (Å²) >= 11 is 0. The lowest BCUT2D eigenvalue weighted by atomic mass is 10.1. The molecule has 0 aliphatic carbocycles. The minimum atomic E-state index is 0.191. The number of methoxy groups -OCH3 is 1. The Kier molecular flexibility index (Phi) is 3.87. The quantitative estimate of drug-likeness (QED) is 0.894. The molecule has 0 spiro atoms. The standard InChI is InChI=1S/C15H18N4O2/c1-20-13-4-2-3-5-14(13)21-12-9-19(10-12)8-11-6-17-15(16)18-7-11/h2-7,12H,8-10H2,1H3,(H2,16,17,18). The number of nitrogens with two attached hydrogens (primary N) is 1. The van der Waals surface area contributed by atoms with E-state index in [1.807, 2.05) is 24.3 Å². The average molecular weight is 286 g/mol. The zero-order valence-electron chi connectivity index (χ0n) is 11.9. The van der Waals surface area contributed by atoms with Gasteiger partial charge in [-0.2, -0.15) is 0 Å². The summed E-state index contributed by atoms with van der Waals surface area (Å²) in [5, 5.41) is 0. The molecule has 2 N–H and O–H groups in total. The van der Waals surface area contributed by atoms with Gasteiger partial charge in [-0.1, -0.05) is 12.1 Å². The van der Waals surface area contributed by atoms with E-state index < -0.39 is 0 Å². The second-order valence-corrected chi connectivity index (χ2v) is 5.03. The van der Waals surface area contributed by atoms with E-state index in [1.165, 1.54) is 0 Å². The fraction of sp³-hybridized carbons (Fsp3) is 0.333. The van der Waals surface area contributed by atoms with Crippen LogP contribution in [0.5, 0.6) is 11.5 Å². The van der Waals surface area contributed by atoms with Gasteiger partial charge in [0.15, 0.2) is 11.5 Å². The van der Waals surface area contributed by atoms with Crippen LogP contribution in [-0.2, 0) is 6.54 Å². The van der Waals surface area contributed by atoms with Crippen molar-refractivity contribution >= 4 is 5.95 Å². The van der Waals surface area contributed by atoms with Crippen LogP contribution in [0.4, 0.5) is 5.95 Å². The molecule has 3 rings (SSSR count). The number of anilines is 1. The van der Waals surface area contributed by atoms with Gasteiger partial charge in [0.1, 0.15) is 6.10 Å². The SMILES string of the molecule is COc1ccccc1OC1CN(Cc2cnc(N)nc2)C1. The van der Waals surface area contributed by atoms with Crippen molar-refractivity contribution in [1.82, 2.24) is 14.9 Å². The van der Waals surface area contributed by atoms with Gasteiger partial charge in [0.05, 0.1) is 7.11 Å². The molecule has 21 heavy (non-hydrogen) atoms. The number of rotatable bonds is 5. The first kappa shape index (κ1) is 13.6. The van der Waals surface area contributed by atoms with Crippen LogP contribution < -0.4 is 15.2 Å². The van der Waals surface area contributed by atoms with Gasteiger partial charge in [-0.25, -0.2) is 9.97 Å². The van der Waals surface area contributed by atoms with E-state index in [0.717, 1.165) is 36.7 Å². The highest BCUT2D eigenvalue weighted by Crippen LogP contribution is 2.28. The van der Waals surface area contributed by atoms with Gasteiger partial charge in [0.2, 0.25) is 5.95 Å². The summed E-state index contributed by atoms with van der Waals surface area (Å²) in [5.74, 6) is 1.86. The van der Waals surface area contributed by atoms with Crippen molar-refractivity contribution in [3.05, 3.63) is 42.2 Å². The lowest BCUT2D eigenvalue weighted by Crippen LogP contribution is -2.53. The van der Waals surface area contributed by atoms with Crippen molar-refractivity contribution in [2.24, 2.45) is 0 Å². The summed E-state index contributed by atoms with van der Waals surface area (Å²) in [6.45, 7) is 2.57. The monoisotopic (exact) mass is 286 g/mol. The van der Waals surface area contributed by atoms with Crippen LogP contribution in [0, 0.1) is 0 Å². The fourth-order valence-corrected chi connectivity index (χ4v) is 2.33. The number of aromatic nitrogens is 2. The van der Waals surface area contributed by atoms with Gasteiger partial charge in [0.25, 0.3) is 0 Å². The maximum absolute atomic E-state index is 5.94. The average Bonchev–Trinajstić information content (AvgIpc) is 2.47. The normalized spacial score (nSPS) is 15.5. The summed E-state index contributed by atoms with van der Waals surface area (Å²) in [5.41, 5.74) is 6.53. The van der Waals surface area contributed by atoms with E-state index in [4.69, 9.17) is 15.2 Å². The Hall–Kier alpha value is -2.34. The molecule has 2 heterocycles. The predicted molar refractivity (Wildman–Crippen MR) is 79.1 cm³/mol. The molecule has 1 saturated heterocycles. The number of benzene rings is 1. The highest BCUT2D eigenvalue weighted by Gasteiger charge is 2.29. The first-order valence-electron chi connectivity index (χ1n) is 6.83. The van der Waals surface area contributed by atoms with Gasteiger partial charge in [0, 0.05) is 37.6 Å². The number of hydrogen-bond acceptors (Lipinski definition) is 6. The van der Waals surface area contributed by atoms with Crippen molar-refractivity contribution in [3.8, 4) is 11.5 Å². The predicted octanol–water partition coefficient (Wildman–Crippen LogP) is 1.33. The van der Waals surface area contributed by atoms with Gasteiger partial charge >= 0.3 is 0 Å². The third-order valence-corrected chi connectivity index (χ3v) is 3.42. The molecule has 1 aromatic heterocycles. The Balaban J connectivity index is 1.50. The van der Waals surface area contributed by atoms with Crippen LogP contribution >= 0.6 is 0 Å². The summed E-state index contributed by atoms with van der Waals surface area (Å²) in [7, 11) is 1.65. The summed E-state index contributed by atoms with van der Waals surface area (Å²) in [6.07, 6.45) is 3.71. The number of ether oxygens (including phenoxy) is 2. The number of para-hydroxylation sites is 2. The largest absolute Gasteiger partial charge is 0.493 e. The van der Waals surface area contributed by atoms with Crippen LogP contribution in [0.3, 0.4) is 0 Å². The lowest BCUT2D eigenvalue weighted by molar-refractivity contribution is 0.0130. The molecule has 0 bridgehead atoms. The van der Waals surface area contributed by atoms with Crippen molar-refractivity contribution in [2.75, 3.05) is 25.9 Å². The van der Waals surface area contributed by atoms with E-state index >= 15 is 0 Å². The second kappa shape index (κ2) is 5.97. The molecule has 0 radical (unpaired) electrons. The molecule has 2 aromatic rings. The van der Waals surface area contributed by atoms with Crippen molar-refractivity contribution in [2.45, 2.75) is 12.6 Å². The zero-order valence-corrected chi connectivity index (χ0v) is 11.9. The minimum Gasteiger partial charge on any atom is -0.493 e. The molecule has 1 fully saturated rings. The van der Waals surface area contributed by atoms with Crippen molar-refractivity contribution in [3.63, 3.8) is 0 Å². The first-order valence-corrected chi connectivity index (χ1v) is 6.83. The second-order valence-electron chi connectivity index (χ2n) is 5.03. The molecule has 1 aliphatic heterocycles. The Morgan fingerprint density at radius 1 is 1.19 bits per heavy atom. The molecule has 6 heteroatoms.